The van der Waals surface area contributed by atoms with Gasteiger partial charge in [0.1, 0.15) is 18.6 Å². The predicted molar refractivity (Wildman–Crippen MR) is 115 cm³/mol. The summed E-state index contributed by atoms with van der Waals surface area (Å²) < 4.78 is 58.9. The van der Waals surface area contributed by atoms with Crippen LogP contribution in [0.2, 0.25) is 0 Å². The van der Waals surface area contributed by atoms with Crippen LogP contribution in [0.25, 0.3) is 10.4 Å². The molecule has 0 bridgehead atoms. The molecule has 0 spiro atoms. The Kier molecular flexibility index (Phi) is 8.80. The Morgan fingerprint density at radius 3 is 2.47 bits per heavy atom. The van der Waals surface area contributed by atoms with E-state index in [0.29, 0.717) is 12.8 Å². The fourth-order valence-corrected chi connectivity index (χ4v) is 6.31. The van der Waals surface area contributed by atoms with Crippen molar-refractivity contribution >= 4 is 23.5 Å². The van der Waals surface area contributed by atoms with Gasteiger partial charge in [0.25, 0.3) is 5.56 Å². The summed E-state index contributed by atoms with van der Waals surface area (Å²) in [6.07, 6.45) is -1.66. The highest BCUT2D eigenvalue weighted by Crippen LogP contribution is 2.66. The van der Waals surface area contributed by atoms with Crippen LogP contribution < -0.4 is 11.2 Å². The molecule has 2 fully saturated rings. The van der Waals surface area contributed by atoms with Crippen LogP contribution in [0.5, 0.6) is 0 Å². The molecule has 2 aliphatic rings. The van der Waals surface area contributed by atoms with Gasteiger partial charge in [0.05, 0.1) is 12.7 Å². The molecular weight excluding hydrogens is 555 g/mol. The van der Waals surface area contributed by atoms with E-state index in [1.165, 1.54) is 13.1 Å². The maximum atomic E-state index is 12.3. The third-order valence-corrected chi connectivity index (χ3v) is 8.76. The molecule has 22 heteroatoms. The lowest BCUT2D eigenvalue weighted by Gasteiger charge is -2.23. The number of aromatic nitrogens is 2. The SMILES string of the molecule is Cc1cn([C@H]2CC(OC(N=[N+]=[N-])C3CC3)[C@@H](COP(=O)(O)OP(=O)(O)OP(=O)(O)O)O2)c(=O)[nH]c1=O. The number of aryl methyl sites for hydroxylation is 1. The molecule has 6 atom stereocenters. The van der Waals surface area contributed by atoms with Crippen molar-refractivity contribution in [2.75, 3.05) is 6.61 Å². The summed E-state index contributed by atoms with van der Waals surface area (Å²) in [5.74, 6) is -0.0862. The molecule has 1 aromatic rings. The van der Waals surface area contributed by atoms with E-state index < -0.39 is 66.0 Å². The molecular formula is C14H22N5O14P3. The van der Waals surface area contributed by atoms with Crippen LogP contribution in [0.3, 0.4) is 0 Å². The van der Waals surface area contributed by atoms with Gasteiger partial charge in [0, 0.05) is 23.1 Å². The van der Waals surface area contributed by atoms with Crippen molar-refractivity contribution in [3.05, 3.63) is 43.0 Å². The van der Waals surface area contributed by atoms with E-state index in [1.807, 2.05) is 0 Å². The first-order valence-electron chi connectivity index (χ1n) is 10.0. The number of H-pyrrole nitrogens is 1. The monoisotopic (exact) mass is 577 g/mol. The van der Waals surface area contributed by atoms with E-state index >= 15 is 0 Å². The number of nitrogens with zero attached hydrogens (tertiary/aromatic N) is 4. The summed E-state index contributed by atoms with van der Waals surface area (Å²) in [5.41, 5.74) is 7.55. The number of aromatic amines is 1. The largest absolute Gasteiger partial charge is 0.490 e. The molecule has 0 aromatic carbocycles. The molecule has 1 aromatic heterocycles. The number of hydrogen-bond acceptors (Lipinski definition) is 11. The molecule has 0 radical (unpaired) electrons. The summed E-state index contributed by atoms with van der Waals surface area (Å²) in [6.45, 7) is 0.588. The number of ether oxygens (including phenoxy) is 2. The highest BCUT2D eigenvalue weighted by molar-refractivity contribution is 7.66. The third-order valence-electron chi connectivity index (χ3n) is 4.96. The van der Waals surface area contributed by atoms with E-state index in [4.69, 9.17) is 24.8 Å². The van der Waals surface area contributed by atoms with E-state index in [2.05, 4.69) is 28.2 Å². The quantitative estimate of drug-likeness (QED) is 0.0999. The second-order valence-corrected chi connectivity index (χ2v) is 12.3. The summed E-state index contributed by atoms with van der Waals surface area (Å²) in [7, 11) is -16.8. The molecule has 5 N–H and O–H groups in total. The van der Waals surface area contributed by atoms with Crippen LogP contribution in [0.1, 0.15) is 31.1 Å². The molecule has 4 unspecified atom stereocenters. The predicted octanol–water partition coefficient (Wildman–Crippen LogP) is 0.907. The first-order valence-corrected chi connectivity index (χ1v) is 14.6. The van der Waals surface area contributed by atoms with Crippen LogP contribution in [0.4, 0.5) is 0 Å². The minimum absolute atomic E-state index is 0.0695. The number of rotatable bonds is 12. The molecule has 1 aliphatic heterocycles. The second-order valence-electron chi connectivity index (χ2n) is 7.84. The summed E-state index contributed by atoms with van der Waals surface area (Å²) in [4.78, 5) is 65.0. The maximum absolute atomic E-state index is 12.3. The fourth-order valence-electron chi connectivity index (χ4n) is 3.28. The van der Waals surface area contributed by atoms with Crippen LogP contribution in [0.15, 0.2) is 20.9 Å². The van der Waals surface area contributed by atoms with Gasteiger partial charge >= 0.3 is 29.2 Å². The van der Waals surface area contributed by atoms with Gasteiger partial charge in [-0.05, 0) is 31.2 Å². The van der Waals surface area contributed by atoms with Crippen molar-refractivity contribution in [3.63, 3.8) is 0 Å². The molecule has 0 amide bonds. The van der Waals surface area contributed by atoms with Gasteiger partial charge in [0.15, 0.2) is 0 Å². The lowest BCUT2D eigenvalue weighted by Crippen LogP contribution is -2.33. The third kappa shape index (κ3) is 8.16. The van der Waals surface area contributed by atoms with Gasteiger partial charge in [0.2, 0.25) is 0 Å². The normalized spacial score (nSPS) is 26.5. The smallest absolute Gasteiger partial charge is 0.366 e. The van der Waals surface area contributed by atoms with Crippen molar-refractivity contribution in [1.82, 2.24) is 9.55 Å². The summed E-state index contributed by atoms with van der Waals surface area (Å²) in [5, 5.41) is 3.57. The average molecular weight is 577 g/mol. The molecule has 36 heavy (non-hydrogen) atoms. The fraction of sp³-hybridized carbons (Fsp3) is 0.714. The van der Waals surface area contributed by atoms with Gasteiger partial charge in [-0.2, -0.15) is 8.62 Å². The Balaban J connectivity index is 1.78. The second kappa shape index (κ2) is 11.0. The number of phosphoric ester groups is 1. The van der Waals surface area contributed by atoms with Gasteiger partial charge in [-0.1, -0.05) is 5.11 Å². The van der Waals surface area contributed by atoms with Gasteiger partial charge in [-0.25, -0.2) is 18.5 Å². The Hall–Kier alpha value is -1.68. The van der Waals surface area contributed by atoms with Crippen LogP contribution in [-0.4, -0.2) is 54.2 Å². The molecule has 202 valence electrons. The Morgan fingerprint density at radius 1 is 1.22 bits per heavy atom. The minimum Gasteiger partial charge on any atom is -0.366 e. The highest BCUT2D eigenvalue weighted by Gasteiger charge is 2.45. The topological polar surface area (TPSA) is 282 Å². The summed E-state index contributed by atoms with van der Waals surface area (Å²) >= 11 is 0. The van der Waals surface area contributed by atoms with Crippen molar-refractivity contribution in [2.24, 2.45) is 11.0 Å². The van der Waals surface area contributed by atoms with Crippen LogP contribution in [0, 0.1) is 12.8 Å². The minimum atomic E-state index is -5.73. The van der Waals surface area contributed by atoms with Crippen molar-refractivity contribution in [3.8, 4) is 0 Å². The zero-order valence-corrected chi connectivity index (χ0v) is 21.0. The highest BCUT2D eigenvalue weighted by atomic mass is 31.3. The Labute approximate surface area is 201 Å². The van der Waals surface area contributed by atoms with Gasteiger partial charge in [-0.3, -0.25) is 18.9 Å². The van der Waals surface area contributed by atoms with Gasteiger partial charge in [-0.15, -0.1) is 0 Å². The number of hydrogen-bond donors (Lipinski definition) is 5. The molecule has 1 aliphatic carbocycles. The van der Waals surface area contributed by atoms with E-state index in [9.17, 15) is 33.1 Å². The summed E-state index contributed by atoms with van der Waals surface area (Å²) in [6, 6.07) is 0. The zero-order chi connectivity index (χ0) is 26.9. The molecule has 1 saturated carbocycles. The van der Waals surface area contributed by atoms with Crippen molar-refractivity contribution in [2.45, 2.75) is 50.8 Å². The van der Waals surface area contributed by atoms with E-state index in [0.717, 1.165) is 4.57 Å². The average Bonchev–Trinajstić information content (AvgIpc) is 3.47. The lowest BCUT2D eigenvalue weighted by atomic mass is 10.2. The van der Waals surface area contributed by atoms with Crippen molar-refractivity contribution < 1.29 is 55.9 Å². The molecule has 2 heterocycles. The van der Waals surface area contributed by atoms with E-state index in [-0.39, 0.29) is 17.9 Å². The molecule has 1 saturated heterocycles. The maximum Gasteiger partial charge on any atom is 0.490 e. The van der Waals surface area contributed by atoms with Gasteiger partial charge < -0.3 is 29.0 Å². The number of phosphoric acid groups is 3. The van der Waals surface area contributed by atoms with Crippen molar-refractivity contribution in [1.29, 1.82) is 0 Å². The number of azide groups is 1. The number of nitrogens with one attached hydrogen (secondary N) is 1. The standard InChI is InChI=1S/C14H22N5O14P3/c1-7-5-19(14(21)16-12(7)20)11-4-9(31-13(17-18-15)8-2-3-8)10(30-11)6-29-35(25,26)33-36(27,28)32-34(22,23)24/h5,8-11,13H,2-4,6H2,1H3,(H,25,26)(H,27,28)(H,16,20,21)(H2,22,23,24)/t9?,10-,11-,13?/m1/s1. The molecule has 19 nitrogen and oxygen atoms in total. The zero-order valence-electron chi connectivity index (χ0n) is 18.3. The van der Waals surface area contributed by atoms with E-state index in [1.54, 1.807) is 0 Å². The first-order chi connectivity index (χ1) is 16.6. The van der Waals surface area contributed by atoms with Crippen LogP contribution in [-0.2, 0) is 36.3 Å². The first kappa shape index (κ1) is 28.9. The lowest BCUT2D eigenvalue weighted by molar-refractivity contribution is -0.0837. The Bertz CT molecular complexity index is 1280. The van der Waals surface area contributed by atoms with Crippen LogP contribution >= 0.6 is 23.5 Å². The Morgan fingerprint density at radius 2 is 1.89 bits per heavy atom. The molecule has 3 rings (SSSR count).